The van der Waals surface area contributed by atoms with Crippen LogP contribution in [0.5, 0.6) is 0 Å². The van der Waals surface area contributed by atoms with Gasteiger partial charge in [0.1, 0.15) is 5.78 Å². The molecule has 0 aromatic heterocycles. The zero-order valence-corrected chi connectivity index (χ0v) is 38.6. The lowest BCUT2D eigenvalue weighted by Gasteiger charge is -2.22. The topological polar surface area (TPSA) is 81.5 Å². The van der Waals surface area contributed by atoms with Crippen LogP contribution in [0.15, 0.2) is 96.0 Å². The Bertz CT molecular complexity index is 1470. The first-order chi connectivity index (χ1) is 27.5. The van der Waals surface area contributed by atoms with Crippen molar-refractivity contribution in [1.82, 2.24) is 0 Å². The average Bonchev–Trinajstić information content (AvgIpc) is 4.09. The fourth-order valence-electron chi connectivity index (χ4n) is 9.33. The molecule has 0 heterocycles. The van der Waals surface area contributed by atoms with Crippen molar-refractivity contribution in [3.63, 3.8) is 0 Å². The minimum atomic E-state index is 0. The average molecular weight is 815 g/mol. The lowest BCUT2D eigenvalue weighted by atomic mass is 9.83. The maximum absolute atomic E-state index is 10.6. The third-order valence-corrected chi connectivity index (χ3v) is 13.3. The van der Waals surface area contributed by atoms with Gasteiger partial charge in [-0.05, 0) is 126 Å². The first-order valence-electron chi connectivity index (χ1n) is 23.2. The number of hydrogen-bond acceptors (Lipinski definition) is 4. The number of halogens is 1. The molecule has 4 nitrogen and oxygen atoms in total. The lowest BCUT2D eigenvalue weighted by molar-refractivity contribution is -0.120. The zero-order chi connectivity index (χ0) is 41.4. The fourth-order valence-corrected chi connectivity index (χ4v) is 9.33. The van der Waals surface area contributed by atoms with E-state index in [-0.39, 0.29) is 18.4 Å². The van der Waals surface area contributed by atoms with E-state index in [1.807, 2.05) is 37.3 Å². The standard InChI is InChI=1S/C16H24.C15H21N.C8H11N.C7H15N.C7H12O.ClH/c1-13(15-8-4-3-5-9-15)12-14(2)16-10-6-7-11-16;1-12(14-8-4-3-5-9-14)16-13(2)15-10-6-7-11-15;1-7(9)8-5-3-2-4-6-8;2*1-6(8)7-4-2-3-5-7;/h3-5,8-9,13-14,16H,6-7,10-12H2,1-2H3;3-5,8-9,12,15H,6-7,10-11H2,1-2H3;2-7H,9H2,1H3;6-7H,2-5,8H2,1H3;7H,2-5H2,1H3;1H/t13-,14+;12-;7-;6-;;/m0110../s1. The van der Waals surface area contributed by atoms with Crippen LogP contribution < -0.4 is 11.5 Å². The normalized spacial score (nSPS) is 19.9. The third-order valence-electron chi connectivity index (χ3n) is 13.3. The van der Waals surface area contributed by atoms with Gasteiger partial charge in [0.2, 0.25) is 0 Å². The molecule has 58 heavy (non-hydrogen) atoms. The molecule has 0 amide bonds. The maximum atomic E-state index is 10.6. The molecule has 4 aliphatic rings. The van der Waals surface area contributed by atoms with Crippen LogP contribution in [0.25, 0.3) is 0 Å². The zero-order valence-electron chi connectivity index (χ0n) is 37.8. The van der Waals surface area contributed by atoms with Crippen LogP contribution in [-0.4, -0.2) is 17.5 Å². The molecule has 0 saturated heterocycles. The van der Waals surface area contributed by atoms with Crippen molar-refractivity contribution in [2.24, 2.45) is 46.0 Å². The molecule has 4 saturated carbocycles. The molecule has 0 bridgehead atoms. The van der Waals surface area contributed by atoms with Gasteiger partial charge in [-0.1, -0.05) is 169 Å². The molecule has 3 aromatic rings. The maximum Gasteiger partial charge on any atom is 0.132 e. The van der Waals surface area contributed by atoms with E-state index in [2.05, 4.69) is 95.3 Å². The Morgan fingerprint density at radius 1 is 0.552 bits per heavy atom. The number of carbonyl (C=O) groups is 1. The van der Waals surface area contributed by atoms with Gasteiger partial charge in [0.05, 0.1) is 6.04 Å². The summed E-state index contributed by atoms with van der Waals surface area (Å²) in [5.41, 5.74) is 16.7. The molecule has 5 atom stereocenters. The Labute approximate surface area is 362 Å². The Morgan fingerprint density at radius 3 is 1.29 bits per heavy atom. The number of rotatable bonds is 10. The molecule has 0 spiro atoms. The Hall–Kier alpha value is -2.79. The highest BCUT2D eigenvalue weighted by molar-refractivity contribution is 5.85. The van der Waals surface area contributed by atoms with Crippen molar-refractivity contribution < 1.29 is 4.79 Å². The fraction of sp³-hybridized carbons (Fsp3) is 0.623. The van der Waals surface area contributed by atoms with Gasteiger partial charge in [-0.15, -0.1) is 12.4 Å². The molecule has 5 heteroatoms. The molecule has 0 radical (unpaired) electrons. The quantitative estimate of drug-likeness (QED) is 0.200. The monoisotopic (exact) mass is 814 g/mol. The predicted molar refractivity (Wildman–Crippen MR) is 255 cm³/mol. The highest BCUT2D eigenvalue weighted by atomic mass is 35.5. The van der Waals surface area contributed by atoms with E-state index in [9.17, 15) is 4.79 Å². The van der Waals surface area contributed by atoms with Crippen molar-refractivity contribution in [3.8, 4) is 0 Å². The van der Waals surface area contributed by atoms with Crippen LogP contribution in [0.1, 0.15) is 192 Å². The largest absolute Gasteiger partial charge is 0.328 e. The van der Waals surface area contributed by atoms with Gasteiger partial charge in [0, 0.05) is 23.7 Å². The summed E-state index contributed by atoms with van der Waals surface area (Å²) in [5, 5.41) is 0. The molecule has 3 aromatic carbocycles. The predicted octanol–water partition coefficient (Wildman–Crippen LogP) is 14.8. The summed E-state index contributed by atoms with van der Waals surface area (Å²) in [6.45, 7) is 15.0. The third kappa shape index (κ3) is 20.0. The minimum absolute atomic E-state index is 0. The van der Waals surface area contributed by atoms with Crippen LogP contribution in [0.2, 0.25) is 0 Å². The van der Waals surface area contributed by atoms with Crippen molar-refractivity contribution in [1.29, 1.82) is 0 Å². The summed E-state index contributed by atoms with van der Waals surface area (Å²) in [7, 11) is 0. The Morgan fingerprint density at radius 2 is 0.931 bits per heavy atom. The lowest BCUT2D eigenvalue weighted by Crippen LogP contribution is -2.23. The van der Waals surface area contributed by atoms with Crippen molar-refractivity contribution in [2.75, 3.05) is 0 Å². The first-order valence-corrected chi connectivity index (χ1v) is 23.2. The van der Waals surface area contributed by atoms with Crippen LogP contribution in [0, 0.1) is 29.6 Å². The second-order valence-corrected chi connectivity index (χ2v) is 18.1. The van der Waals surface area contributed by atoms with Crippen LogP contribution in [-0.2, 0) is 4.79 Å². The smallest absolute Gasteiger partial charge is 0.132 e. The second kappa shape index (κ2) is 29.4. The molecule has 0 aliphatic heterocycles. The van der Waals surface area contributed by atoms with Crippen LogP contribution >= 0.6 is 12.4 Å². The SMILES string of the molecule is CC(=N[C@H](C)c1ccccc1)C1CCCC1.CC(=O)C1CCCC1.C[C@@H](N)c1ccccc1.C[C@H](C[C@H](C)c1ccccc1)C1CCCC1.C[C@H](N)C1CCCC1.Cl. The summed E-state index contributed by atoms with van der Waals surface area (Å²) in [6, 6.07) is 32.5. The summed E-state index contributed by atoms with van der Waals surface area (Å²) in [6.07, 6.45) is 23.1. The van der Waals surface area contributed by atoms with E-state index in [4.69, 9.17) is 16.5 Å². The van der Waals surface area contributed by atoms with Gasteiger partial charge in [-0.2, -0.15) is 0 Å². The number of ketones is 1. The van der Waals surface area contributed by atoms with E-state index in [1.165, 1.54) is 119 Å². The molecule has 4 fully saturated rings. The molecule has 7 rings (SSSR count). The van der Waals surface area contributed by atoms with Crippen molar-refractivity contribution in [3.05, 3.63) is 108 Å². The molecule has 4 N–H and O–H groups in total. The molecule has 0 unspecified atom stereocenters. The number of carbonyl (C=O) groups excluding carboxylic acids is 1. The van der Waals surface area contributed by atoms with Crippen molar-refractivity contribution >= 4 is 23.9 Å². The highest BCUT2D eigenvalue weighted by Gasteiger charge is 2.23. The van der Waals surface area contributed by atoms with Gasteiger partial charge in [0.25, 0.3) is 0 Å². The summed E-state index contributed by atoms with van der Waals surface area (Å²) in [4.78, 5) is 15.5. The van der Waals surface area contributed by atoms with Crippen LogP contribution in [0.4, 0.5) is 0 Å². The van der Waals surface area contributed by atoms with E-state index in [0.29, 0.717) is 23.8 Å². The van der Waals surface area contributed by atoms with Gasteiger partial charge in [0.15, 0.2) is 0 Å². The summed E-state index contributed by atoms with van der Waals surface area (Å²) in [5.74, 6) is 5.04. The van der Waals surface area contributed by atoms with Gasteiger partial charge < -0.3 is 11.5 Å². The van der Waals surface area contributed by atoms with E-state index in [0.717, 1.165) is 42.4 Å². The minimum Gasteiger partial charge on any atom is -0.328 e. The molecular formula is C53H84ClN3O. The Balaban J connectivity index is 0.000000258. The van der Waals surface area contributed by atoms with E-state index < -0.39 is 0 Å². The number of Topliss-reactive ketones (excluding diaryl/α,β-unsaturated/α-hetero) is 1. The van der Waals surface area contributed by atoms with E-state index >= 15 is 0 Å². The van der Waals surface area contributed by atoms with Crippen LogP contribution in [0.3, 0.4) is 0 Å². The highest BCUT2D eigenvalue weighted by Crippen LogP contribution is 2.36. The first kappa shape index (κ1) is 51.4. The number of benzene rings is 3. The number of nitrogens with two attached hydrogens (primary N) is 2. The van der Waals surface area contributed by atoms with E-state index in [1.54, 1.807) is 6.92 Å². The Kier molecular flexibility index (Phi) is 26.1. The molecular weight excluding hydrogens is 730 g/mol. The summed E-state index contributed by atoms with van der Waals surface area (Å²) < 4.78 is 0. The van der Waals surface area contributed by atoms with Crippen molar-refractivity contribution in [2.45, 2.75) is 182 Å². The number of hydrogen-bond donors (Lipinski definition) is 2. The number of aliphatic imine (C=N–C) groups is 1. The molecule has 4 aliphatic carbocycles. The summed E-state index contributed by atoms with van der Waals surface area (Å²) >= 11 is 0. The number of nitrogens with zero attached hydrogens (tertiary/aromatic N) is 1. The van der Waals surface area contributed by atoms with Gasteiger partial charge in [-0.3, -0.25) is 9.79 Å². The van der Waals surface area contributed by atoms with Gasteiger partial charge >= 0.3 is 0 Å². The van der Waals surface area contributed by atoms with Gasteiger partial charge in [-0.25, -0.2) is 0 Å². The second-order valence-electron chi connectivity index (χ2n) is 18.1. The molecule has 324 valence electrons.